The van der Waals surface area contributed by atoms with Crippen LogP contribution in [0.5, 0.6) is 5.75 Å². The maximum atomic E-state index is 6.50. The second-order valence-electron chi connectivity index (χ2n) is 6.43. The third-order valence-electron chi connectivity index (χ3n) is 4.17. The van der Waals surface area contributed by atoms with Crippen molar-refractivity contribution in [2.75, 3.05) is 6.61 Å². The van der Waals surface area contributed by atoms with Gasteiger partial charge in [-0.25, -0.2) is 0 Å². The molecule has 0 amide bonds. The summed E-state index contributed by atoms with van der Waals surface area (Å²) in [4.78, 5) is 0. The Hall–Kier alpha value is -1.32. The van der Waals surface area contributed by atoms with Crippen LogP contribution in [0.3, 0.4) is 0 Å². The molecule has 3 rings (SSSR count). The van der Waals surface area contributed by atoms with Crippen LogP contribution < -0.4 is 10.5 Å². The molecule has 1 aliphatic heterocycles. The van der Waals surface area contributed by atoms with Gasteiger partial charge in [0.1, 0.15) is 5.75 Å². The van der Waals surface area contributed by atoms with E-state index >= 15 is 0 Å². The Balaban J connectivity index is 2.03. The molecule has 2 nitrogen and oxygen atoms in total. The van der Waals surface area contributed by atoms with Crippen LogP contribution in [0.4, 0.5) is 0 Å². The van der Waals surface area contributed by atoms with E-state index in [0.29, 0.717) is 0 Å². The van der Waals surface area contributed by atoms with Crippen LogP contribution in [-0.2, 0) is 5.41 Å². The third-order valence-corrected chi connectivity index (χ3v) is 4.89. The van der Waals surface area contributed by atoms with Gasteiger partial charge in [0.05, 0.1) is 12.6 Å². The predicted octanol–water partition coefficient (Wildman–Crippen LogP) is 4.48. The molecule has 0 aliphatic carbocycles. The highest BCUT2D eigenvalue weighted by atomic mass is 79.9. The van der Waals surface area contributed by atoms with Gasteiger partial charge in [-0.05, 0) is 36.2 Å². The lowest BCUT2D eigenvalue weighted by Crippen LogP contribution is -2.19. The van der Waals surface area contributed by atoms with E-state index in [1.54, 1.807) is 0 Å². The average Bonchev–Trinajstić information content (AvgIpc) is 2.76. The molecule has 2 aromatic rings. The zero-order valence-electron chi connectivity index (χ0n) is 12.6. The summed E-state index contributed by atoms with van der Waals surface area (Å²) in [5, 5.41) is 0. The number of halogens is 1. The quantitative estimate of drug-likeness (QED) is 0.870. The Morgan fingerprint density at radius 1 is 1.19 bits per heavy atom. The Bertz CT molecular complexity index is 694. The first kappa shape index (κ1) is 14.6. The minimum absolute atomic E-state index is 0.0505. The summed E-state index contributed by atoms with van der Waals surface area (Å²) in [6, 6.07) is 12.5. The van der Waals surface area contributed by atoms with Gasteiger partial charge in [-0.2, -0.15) is 0 Å². The Labute approximate surface area is 134 Å². The second kappa shape index (κ2) is 5.15. The Morgan fingerprint density at radius 3 is 2.71 bits per heavy atom. The highest BCUT2D eigenvalue weighted by molar-refractivity contribution is 9.10. The van der Waals surface area contributed by atoms with Crippen LogP contribution in [-0.4, -0.2) is 6.61 Å². The fourth-order valence-electron chi connectivity index (χ4n) is 2.81. The van der Waals surface area contributed by atoms with Gasteiger partial charge < -0.3 is 10.5 Å². The standard InChI is InChI=1S/C18H20BrNO/c1-11-4-6-15(19)13(8-11)17(20)12-5-7-16-14(9-12)18(2,3)10-21-16/h4-9,17H,10,20H2,1-3H3. The van der Waals surface area contributed by atoms with E-state index in [2.05, 4.69) is 67.0 Å². The van der Waals surface area contributed by atoms with Crippen LogP contribution in [0.15, 0.2) is 40.9 Å². The SMILES string of the molecule is Cc1ccc(Br)c(C(N)c2ccc3c(c2)C(C)(C)CO3)c1. The summed E-state index contributed by atoms with van der Waals surface area (Å²) in [6.07, 6.45) is 0. The molecule has 0 saturated carbocycles. The number of hydrogen-bond acceptors (Lipinski definition) is 2. The fraction of sp³-hybridized carbons (Fsp3) is 0.333. The molecule has 0 spiro atoms. The number of hydrogen-bond donors (Lipinski definition) is 1. The molecule has 1 unspecified atom stereocenters. The van der Waals surface area contributed by atoms with Gasteiger partial charge in [0, 0.05) is 15.5 Å². The lowest BCUT2D eigenvalue weighted by molar-refractivity contribution is 0.291. The summed E-state index contributed by atoms with van der Waals surface area (Å²) < 4.78 is 6.80. The maximum Gasteiger partial charge on any atom is 0.123 e. The second-order valence-corrected chi connectivity index (χ2v) is 7.29. The summed E-state index contributed by atoms with van der Waals surface area (Å²) in [7, 11) is 0. The predicted molar refractivity (Wildman–Crippen MR) is 89.9 cm³/mol. The van der Waals surface area contributed by atoms with Crippen molar-refractivity contribution >= 4 is 15.9 Å². The van der Waals surface area contributed by atoms with E-state index in [4.69, 9.17) is 10.5 Å². The molecule has 3 heteroatoms. The fourth-order valence-corrected chi connectivity index (χ4v) is 3.31. The highest BCUT2D eigenvalue weighted by Crippen LogP contribution is 2.40. The molecule has 0 saturated heterocycles. The number of rotatable bonds is 2. The van der Waals surface area contributed by atoms with Gasteiger partial charge in [0.25, 0.3) is 0 Å². The van der Waals surface area contributed by atoms with Crippen LogP contribution >= 0.6 is 15.9 Å². The van der Waals surface area contributed by atoms with Crippen LogP contribution in [0.2, 0.25) is 0 Å². The number of fused-ring (bicyclic) bond motifs is 1. The third kappa shape index (κ3) is 2.60. The molecule has 1 heterocycles. The Morgan fingerprint density at radius 2 is 1.95 bits per heavy atom. The van der Waals surface area contributed by atoms with Crippen molar-refractivity contribution in [1.82, 2.24) is 0 Å². The van der Waals surface area contributed by atoms with Gasteiger partial charge >= 0.3 is 0 Å². The van der Waals surface area contributed by atoms with Crippen molar-refractivity contribution < 1.29 is 4.74 Å². The number of nitrogens with two attached hydrogens (primary N) is 1. The molecule has 1 atom stereocenters. The molecule has 2 aromatic carbocycles. The van der Waals surface area contributed by atoms with Crippen LogP contribution in [0.1, 0.15) is 42.1 Å². The van der Waals surface area contributed by atoms with Crippen molar-refractivity contribution in [2.45, 2.75) is 32.2 Å². The first-order chi connectivity index (χ1) is 9.88. The summed E-state index contributed by atoms with van der Waals surface area (Å²) in [5.74, 6) is 0.985. The molecule has 1 aliphatic rings. The molecule has 0 aromatic heterocycles. The first-order valence-electron chi connectivity index (χ1n) is 7.17. The molecule has 0 bridgehead atoms. The van der Waals surface area contributed by atoms with Crippen LogP contribution in [0.25, 0.3) is 0 Å². The van der Waals surface area contributed by atoms with E-state index in [9.17, 15) is 0 Å². The van der Waals surface area contributed by atoms with Gasteiger partial charge in [0.2, 0.25) is 0 Å². The first-order valence-corrected chi connectivity index (χ1v) is 7.97. The zero-order valence-corrected chi connectivity index (χ0v) is 14.2. The van der Waals surface area contributed by atoms with Crippen LogP contribution in [0, 0.1) is 6.92 Å². The van der Waals surface area contributed by atoms with Crippen molar-refractivity contribution in [3.63, 3.8) is 0 Å². The smallest absolute Gasteiger partial charge is 0.123 e. The topological polar surface area (TPSA) is 35.2 Å². The van der Waals surface area contributed by atoms with E-state index in [0.717, 1.165) is 28.0 Å². The van der Waals surface area contributed by atoms with Gasteiger partial charge in [0.15, 0.2) is 0 Å². The summed E-state index contributed by atoms with van der Waals surface area (Å²) >= 11 is 3.61. The average molecular weight is 346 g/mol. The number of ether oxygens (including phenoxy) is 1. The van der Waals surface area contributed by atoms with Crippen molar-refractivity contribution in [2.24, 2.45) is 5.73 Å². The van der Waals surface area contributed by atoms with Gasteiger partial charge in [-0.1, -0.05) is 53.5 Å². The lowest BCUT2D eigenvalue weighted by Gasteiger charge is -2.19. The molecular formula is C18H20BrNO. The minimum atomic E-state index is -0.138. The van der Waals surface area contributed by atoms with E-state index in [1.165, 1.54) is 11.1 Å². The largest absolute Gasteiger partial charge is 0.492 e. The number of benzene rings is 2. The van der Waals surface area contributed by atoms with E-state index < -0.39 is 0 Å². The zero-order chi connectivity index (χ0) is 15.2. The normalized spacial score (nSPS) is 17.2. The Kier molecular flexibility index (Phi) is 3.58. The van der Waals surface area contributed by atoms with Gasteiger partial charge in [-0.15, -0.1) is 0 Å². The number of aryl methyl sites for hydroxylation is 1. The molecule has 0 radical (unpaired) electrons. The molecule has 110 valence electrons. The highest BCUT2D eigenvalue weighted by Gasteiger charge is 2.32. The van der Waals surface area contributed by atoms with Crippen molar-refractivity contribution in [3.8, 4) is 5.75 Å². The molecule has 21 heavy (non-hydrogen) atoms. The van der Waals surface area contributed by atoms with E-state index in [-0.39, 0.29) is 11.5 Å². The monoisotopic (exact) mass is 345 g/mol. The van der Waals surface area contributed by atoms with Gasteiger partial charge in [-0.3, -0.25) is 0 Å². The minimum Gasteiger partial charge on any atom is -0.492 e. The van der Waals surface area contributed by atoms with Crippen molar-refractivity contribution in [3.05, 3.63) is 63.1 Å². The van der Waals surface area contributed by atoms with Crippen molar-refractivity contribution in [1.29, 1.82) is 0 Å². The van der Waals surface area contributed by atoms with E-state index in [1.807, 2.05) is 6.07 Å². The lowest BCUT2D eigenvalue weighted by atomic mass is 9.85. The summed E-state index contributed by atoms with van der Waals surface area (Å²) in [6.45, 7) is 7.23. The molecule has 0 fully saturated rings. The maximum absolute atomic E-state index is 6.50. The molecular weight excluding hydrogens is 326 g/mol. The molecule has 2 N–H and O–H groups in total. The summed E-state index contributed by atoms with van der Waals surface area (Å²) in [5.41, 5.74) is 11.3.